The smallest absolute Gasteiger partial charge is 0.148 e. The SMILES string of the molecule is CC(C)Cc1[nH]nc(N)c1CC(C)C. The summed E-state index contributed by atoms with van der Waals surface area (Å²) in [5.74, 6) is 1.94. The van der Waals surface area contributed by atoms with Gasteiger partial charge in [-0.25, -0.2) is 0 Å². The van der Waals surface area contributed by atoms with Crippen LogP contribution in [-0.2, 0) is 12.8 Å². The van der Waals surface area contributed by atoms with Crippen molar-refractivity contribution < 1.29 is 0 Å². The topological polar surface area (TPSA) is 54.7 Å². The molecule has 1 aromatic heterocycles. The second kappa shape index (κ2) is 4.49. The molecule has 0 aromatic carbocycles. The van der Waals surface area contributed by atoms with Crippen LogP contribution in [0.5, 0.6) is 0 Å². The Morgan fingerprint density at radius 1 is 1.14 bits per heavy atom. The number of anilines is 1. The number of rotatable bonds is 4. The molecule has 3 heteroatoms. The molecule has 3 nitrogen and oxygen atoms in total. The molecular formula is C11H21N3. The van der Waals surface area contributed by atoms with Gasteiger partial charge < -0.3 is 5.73 Å². The first-order valence-corrected chi connectivity index (χ1v) is 5.32. The van der Waals surface area contributed by atoms with E-state index in [2.05, 4.69) is 37.9 Å². The van der Waals surface area contributed by atoms with Crippen molar-refractivity contribution in [2.45, 2.75) is 40.5 Å². The van der Waals surface area contributed by atoms with Crippen LogP contribution in [-0.4, -0.2) is 10.2 Å². The van der Waals surface area contributed by atoms with Crippen molar-refractivity contribution >= 4 is 5.82 Å². The van der Waals surface area contributed by atoms with E-state index in [0.717, 1.165) is 12.8 Å². The van der Waals surface area contributed by atoms with Gasteiger partial charge in [0.1, 0.15) is 5.82 Å². The van der Waals surface area contributed by atoms with E-state index in [-0.39, 0.29) is 0 Å². The highest BCUT2D eigenvalue weighted by Gasteiger charge is 2.12. The van der Waals surface area contributed by atoms with Gasteiger partial charge in [0.15, 0.2) is 0 Å². The molecule has 1 heterocycles. The number of hydrogen-bond donors (Lipinski definition) is 2. The zero-order valence-corrected chi connectivity index (χ0v) is 9.59. The molecule has 0 atom stereocenters. The number of hydrogen-bond acceptors (Lipinski definition) is 2. The monoisotopic (exact) mass is 195 g/mol. The molecule has 0 aliphatic carbocycles. The Hall–Kier alpha value is -0.990. The Kier molecular flexibility index (Phi) is 3.55. The highest BCUT2D eigenvalue weighted by molar-refractivity contribution is 5.42. The molecule has 1 rings (SSSR count). The average molecular weight is 195 g/mol. The number of nitrogens with zero attached hydrogens (tertiary/aromatic N) is 1. The van der Waals surface area contributed by atoms with Gasteiger partial charge in [-0.15, -0.1) is 0 Å². The Labute approximate surface area is 86.1 Å². The van der Waals surface area contributed by atoms with E-state index < -0.39 is 0 Å². The highest BCUT2D eigenvalue weighted by atomic mass is 15.2. The summed E-state index contributed by atoms with van der Waals surface area (Å²) in [6.07, 6.45) is 2.05. The summed E-state index contributed by atoms with van der Waals surface area (Å²) in [5, 5.41) is 7.11. The third-order valence-electron chi connectivity index (χ3n) is 2.21. The summed E-state index contributed by atoms with van der Waals surface area (Å²) in [6, 6.07) is 0. The van der Waals surface area contributed by atoms with E-state index in [1.54, 1.807) is 0 Å². The lowest BCUT2D eigenvalue weighted by Crippen LogP contribution is -2.03. The summed E-state index contributed by atoms with van der Waals surface area (Å²) in [6.45, 7) is 8.81. The van der Waals surface area contributed by atoms with Gasteiger partial charge in [-0.1, -0.05) is 27.7 Å². The van der Waals surface area contributed by atoms with Crippen LogP contribution in [0.1, 0.15) is 39.0 Å². The summed E-state index contributed by atoms with van der Waals surface area (Å²) in [4.78, 5) is 0. The first kappa shape index (κ1) is 11.1. The zero-order chi connectivity index (χ0) is 10.7. The molecule has 0 spiro atoms. The summed E-state index contributed by atoms with van der Waals surface area (Å²) in [5.41, 5.74) is 8.25. The van der Waals surface area contributed by atoms with Crippen molar-refractivity contribution in [3.63, 3.8) is 0 Å². The maximum absolute atomic E-state index is 5.82. The van der Waals surface area contributed by atoms with Gasteiger partial charge in [-0.05, 0) is 24.7 Å². The number of nitrogens with two attached hydrogens (primary N) is 1. The predicted molar refractivity (Wildman–Crippen MR) is 60.1 cm³/mol. The van der Waals surface area contributed by atoms with Crippen LogP contribution in [0.25, 0.3) is 0 Å². The molecule has 0 fully saturated rings. The third kappa shape index (κ3) is 2.76. The van der Waals surface area contributed by atoms with Crippen LogP contribution in [0, 0.1) is 11.8 Å². The maximum atomic E-state index is 5.82. The largest absolute Gasteiger partial charge is 0.382 e. The molecule has 0 radical (unpaired) electrons. The van der Waals surface area contributed by atoms with Gasteiger partial charge in [-0.2, -0.15) is 5.10 Å². The quantitative estimate of drug-likeness (QED) is 0.775. The van der Waals surface area contributed by atoms with E-state index in [1.165, 1.54) is 11.3 Å². The number of aromatic nitrogens is 2. The molecule has 1 aromatic rings. The second-order valence-electron chi connectivity index (χ2n) is 4.76. The van der Waals surface area contributed by atoms with Crippen molar-refractivity contribution in [1.29, 1.82) is 0 Å². The molecule has 14 heavy (non-hydrogen) atoms. The minimum Gasteiger partial charge on any atom is -0.382 e. The highest BCUT2D eigenvalue weighted by Crippen LogP contribution is 2.20. The number of H-pyrrole nitrogens is 1. The van der Waals surface area contributed by atoms with Crippen molar-refractivity contribution in [3.8, 4) is 0 Å². The molecular weight excluding hydrogens is 174 g/mol. The Balaban J connectivity index is 2.82. The zero-order valence-electron chi connectivity index (χ0n) is 9.59. The van der Waals surface area contributed by atoms with Gasteiger partial charge in [0.25, 0.3) is 0 Å². The van der Waals surface area contributed by atoms with Crippen LogP contribution in [0.15, 0.2) is 0 Å². The van der Waals surface area contributed by atoms with Gasteiger partial charge in [0, 0.05) is 11.3 Å². The van der Waals surface area contributed by atoms with Crippen molar-refractivity contribution in [2.75, 3.05) is 5.73 Å². The normalized spacial score (nSPS) is 11.6. The van der Waals surface area contributed by atoms with E-state index in [1.807, 2.05) is 0 Å². The lowest BCUT2D eigenvalue weighted by molar-refractivity contribution is 0.609. The van der Waals surface area contributed by atoms with E-state index in [0.29, 0.717) is 17.7 Å². The van der Waals surface area contributed by atoms with Crippen molar-refractivity contribution in [3.05, 3.63) is 11.3 Å². The number of nitrogen functional groups attached to an aromatic ring is 1. The molecule has 0 saturated carbocycles. The standard InChI is InChI=1S/C11H21N3/c1-7(2)5-9-10(6-8(3)4)13-14-11(9)12/h7-8H,5-6H2,1-4H3,(H3,12,13,14). The van der Waals surface area contributed by atoms with Crippen molar-refractivity contribution in [2.24, 2.45) is 11.8 Å². The van der Waals surface area contributed by atoms with E-state index >= 15 is 0 Å². The summed E-state index contributed by atoms with van der Waals surface area (Å²) >= 11 is 0. The van der Waals surface area contributed by atoms with Crippen LogP contribution < -0.4 is 5.73 Å². The minimum absolute atomic E-state index is 0.626. The first-order valence-electron chi connectivity index (χ1n) is 5.32. The summed E-state index contributed by atoms with van der Waals surface area (Å²) < 4.78 is 0. The average Bonchev–Trinajstić information content (AvgIpc) is 2.34. The van der Waals surface area contributed by atoms with Crippen LogP contribution in [0.2, 0.25) is 0 Å². The molecule has 80 valence electrons. The Bertz CT molecular complexity index is 287. The van der Waals surface area contributed by atoms with Gasteiger partial charge in [0.2, 0.25) is 0 Å². The molecule has 0 aliphatic heterocycles. The van der Waals surface area contributed by atoms with Gasteiger partial charge in [0.05, 0.1) is 0 Å². The fraction of sp³-hybridized carbons (Fsp3) is 0.727. The lowest BCUT2D eigenvalue weighted by Gasteiger charge is -2.08. The third-order valence-corrected chi connectivity index (χ3v) is 2.21. The molecule has 0 bridgehead atoms. The van der Waals surface area contributed by atoms with E-state index in [9.17, 15) is 0 Å². The van der Waals surface area contributed by atoms with Crippen LogP contribution >= 0.6 is 0 Å². The Morgan fingerprint density at radius 2 is 1.71 bits per heavy atom. The first-order chi connectivity index (χ1) is 6.50. The number of aromatic amines is 1. The van der Waals surface area contributed by atoms with Crippen LogP contribution in [0.3, 0.4) is 0 Å². The predicted octanol–water partition coefficient (Wildman–Crippen LogP) is 2.39. The molecule has 0 unspecified atom stereocenters. The van der Waals surface area contributed by atoms with E-state index in [4.69, 9.17) is 5.73 Å². The van der Waals surface area contributed by atoms with Gasteiger partial charge >= 0.3 is 0 Å². The fourth-order valence-corrected chi connectivity index (χ4v) is 1.63. The number of nitrogens with one attached hydrogen (secondary N) is 1. The molecule has 0 saturated heterocycles. The summed E-state index contributed by atoms with van der Waals surface area (Å²) in [7, 11) is 0. The minimum atomic E-state index is 0.626. The van der Waals surface area contributed by atoms with Gasteiger partial charge in [-0.3, -0.25) is 5.10 Å². The molecule has 3 N–H and O–H groups in total. The van der Waals surface area contributed by atoms with Crippen LogP contribution in [0.4, 0.5) is 5.82 Å². The lowest BCUT2D eigenvalue weighted by atomic mass is 9.98. The fourth-order valence-electron chi connectivity index (χ4n) is 1.63. The van der Waals surface area contributed by atoms with Crippen molar-refractivity contribution in [1.82, 2.24) is 10.2 Å². The Morgan fingerprint density at radius 3 is 2.21 bits per heavy atom. The maximum Gasteiger partial charge on any atom is 0.148 e. The molecule has 0 amide bonds. The molecule has 0 aliphatic rings. The second-order valence-corrected chi connectivity index (χ2v) is 4.76.